The predicted octanol–water partition coefficient (Wildman–Crippen LogP) is 3.26. The summed E-state index contributed by atoms with van der Waals surface area (Å²) in [6.45, 7) is 6.66. The highest BCUT2D eigenvalue weighted by atomic mass is 16.5. The van der Waals surface area contributed by atoms with Crippen molar-refractivity contribution in [3.63, 3.8) is 0 Å². The highest BCUT2D eigenvalue weighted by Gasteiger charge is 2.27. The van der Waals surface area contributed by atoms with Crippen molar-refractivity contribution in [1.29, 1.82) is 0 Å². The summed E-state index contributed by atoms with van der Waals surface area (Å²) in [5.74, 6) is 1.79. The van der Waals surface area contributed by atoms with Crippen molar-refractivity contribution in [2.45, 2.75) is 51.0 Å². The van der Waals surface area contributed by atoms with Crippen LogP contribution in [-0.4, -0.2) is 18.7 Å². The van der Waals surface area contributed by atoms with E-state index in [2.05, 4.69) is 37.4 Å². The standard InChI is InChI=1S/C16H23NO/c1-16(2)8-7-13-10-12(5-6-15(13)18-16)14-4-3-9-17-11-14/h5-6,10,14,17H,3-4,7-9,11H2,1-2H3. The van der Waals surface area contributed by atoms with Crippen LogP contribution in [0.3, 0.4) is 0 Å². The lowest BCUT2D eigenvalue weighted by atomic mass is 9.87. The average Bonchev–Trinajstić information content (AvgIpc) is 2.38. The van der Waals surface area contributed by atoms with E-state index in [1.165, 1.54) is 30.5 Å². The molecule has 2 aliphatic rings. The summed E-state index contributed by atoms with van der Waals surface area (Å²) in [6.07, 6.45) is 4.88. The van der Waals surface area contributed by atoms with E-state index >= 15 is 0 Å². The second-order valence-corrected chi connectivity index (χ2v) is 6.27. The third-order valence-electron chi connectivity index (χ3n) is 4.24. The van der Waals surface area contributed by atoms with Gasteiger partial charge in [-0.25, -0.2) is 0 Å². The van der Waals surface area contributed by atoms with Gasteiger partial charge in [-0.05, 0) is 69.2 Å². The van der Waals surface area contributed by atoms with E-state index < -0.39 is 0 Å². The summed E-state index contributed by atoms with van der Waals surface area (Å²) >= 11 is 0. The molecule has 0 amide bonds. The van der Waals surface area contributed by atoms with Crippen LogP contribution in [-0.2, 0) is 6.42 Å². The minimum absolute atomic E-state index is 0.000903. The van der Waals surface area contributed by atoms with Gasteiger partial charge in [-0.3, -0.25) is 0 Å². The topological polar surface area (TPSA) is 21.3 Å². The van der Waals surface area contributed by atoms with Gasteiger partial charge in [0.25, 0.3) is 0 Å². The molecule has 18 heavy (non-hydrogen) atoms. The van der Waals surface area contributed by atoms with Crippen molar-refractivity contribution in [2.75, 3.05) is 13.1 Å². The maximum absolute atomic E-state index is 6.05. The quantitative estimate of drug-likeness (QED) is 0.820. The SMILES string of the molecule is CC1(C)CCc2cc(C3CCCNC3)ccc2O1. The molecule has 0 bridgehead atoms. The highest BCUT2D eigenvalue weighted by Crippen LogP contribution is 2.35. The summed E-state index contributed by atoms with van der Waals surface area (Å²) in [7, 11) is 0. The number of fused-ring (bicyclic) bond motifs is 1. The molecule has 0 spiro atoms. The fourth-order valence-electron chi connectivity index (χ4n) is 3.07. The Morgan fingerprint density at radius 2 is 2.22 bits per heavy atom. The van der Waals surface area contributed by atoms with Gasteiger partial charge in [0.2, 0.25) is 0 Å². The molecule has 0 aliphatic carbocycles. The first kappa shape index (κ1) is 12.0. The van der Waals surface area contributed by atoms with E-state index in [4.69, 9.17) is 4.74 Å². The molecule has 2 nitrogen and oxygen atoms in total. The molecule has 2 heterocycles. The van der Waals surface area contributed by atoms with Crippen LogP contribution >= 0.6 is 0 Å². The third-order valence-corrected chi connectivity index (χ3v) is 4.24. The maximum Gasteiger partial charge on any atom is 0.123 e. The molecule has 3 rings (SSSR count). The minimum atomic E-state index is 0.000903. The molecule has 2 aliphatic heterocycles. The van der Waals surface area contributed by atoms with Gasteiger partial charge in [0, 0.05) is 6.54 Å². The first-order chi connectivity index (χ1) is 8.64. The van der Waals surface area contributed by atoms with Crippen molar-refractivity contribution >= 4 is 0 Å². The van der Waals surface area contributed by atoms with E-state index in [1.54, 1.807) is 0 Å². The average molecular weight is 245 g/mol. The van der Waals surface area contributed by atoms with E-state index in [-0.39, 0.29) is 5.60 Å². The van der Waals surface area contributed by atoms with Crippen LogP contribution in [0.5, 0.6) is 5.75 Å². The van der Waals surface area contributed by atoms with Crippen LogP contribution in [0.4, 0.5) is 0 Å². The van der Waals surface area contributed by atoms with Gasteiger partial charge in [0.1, 0.15) is 11.4 Å². The van der Waals surface area contributed by atoms with Crippen LogP contribution in [0.25, 0.3) is 0 Å². The lowest BCUT2D eigenvalue weighted by molar-refractivity contribution is 0.0846. The number of ether oxygens (including phenoxy) is 1. The zero-order valence-corrected chi connectivity index (χ0v) is 11.5. The molecule has 1 atom stereocenters. The first-order valence-corrected chi connectivity index (χ1v) is 7.17. The number of benzene rings is 1. The second kappa shape index (κ2) is 4.58. The van der Waals surface area contributed by atoms with Crippen LogP contribution in [0.1, 0.15) is 50.2 Å². The highest BCUT2D eigenvalue weighted by molar-refractivity contribution is 5.40. The van der Waals surface area contributed by atoms with E-state index in [9.17, 15) is 0 Å². The maximum atomic E-state index is 6.05. The monoisotopic (exact) mass is 245 g/mol. The lowest BCUT2D eigenvalue weighted by Gasteiger charge is -2.33. The molecule has 0 radical (unpaired) electrons. The number of hydrogen-bond donors (Lipinski definition) is 1. The van der Waals surface area contributed by atoms with Crippen LogP contribution in [0.15, 0.2) is 18.2 Å². The molecule has 1 unspecified atom stereocenters. The summed E-state index contributed by atoms with van der Waals surface area (Å²) in [4.78, 5) is 0. The number of hydrogen-bond acceptors (Lipinski definition) is 2. The predicted molar refractivity (Wildman–Crippen MR) is 74.3 cm³/mol. The van der Waals surface area contributed by atoms with Gasteiger partial charge < -0.3 is 10.1 Å². The summed E-state index contributed by atoms with van der Waals surface area (Å²) in [5, 5.41) is 3.50. The molecule has 0 saturated carbocycles. The van der Waals surface area contributed by atoms with Crippen molar-refractivity contribution in [1.82, 2.24) is 5.32 Å². The Morgan fingerprint density at radius 3 is 3.00 bits per heavy atom. The Morgan fingerprint density at radius 1 is 1.33 bits per heavy atom. The molecule has 1 N–H and O–H groups in total. The molecule has 98 valence electrons. The van der Waals surface area contributed by atoms with Gasteiger partial charge >= 0.3 is 0 Å². The Bertz CT molecular complexity index is 433. The number of aryl methyl sites for hydroxylation is 1. The third kappa shape index (κ3) is 2.39. The molecule has 2 heteroatoms. The number of nitrogens with one attached hydrogen (secondary N) is 1. The van der Waals surface area contributed by atoms with Gasteiger partial charge in [0.05, 0.1) is 0 Å². The molecule has 1 aromatic carbocycles. The number of piperidine rings is 1. The molecular weight excluding hydrogens is 222 g/mol. The van der Waals surface area contributed by atoms with Crippen molar-refractivity contribution < 1.29 is 4.74 Å². The summed E-state index contributed by atoms with van der Waals surface area (Å²) in [5.41, 5.74) is 2.89. The summed E-state index contributed by atoms with van der Waals surface area (Å²) in [6, 6.07) is 6.82. The zero-order valence-electron chi connectivity index (χ0n) is 11.5. The lowest BCUT2D eigenvalue weighted by Crippen LogP contribution is -2.33. The Labute approximate surface area is 110 Å². The largest absolute Gasteiger partial charge is 0.488 e. The van der Waals surface area contributed by atoms with E-state index in [1.807, 2.05) is 0 Å². The minimum Gasteiger partial charge on any atom is -0.488 e. The number of rotatable bonds is 1. The van der Waals surface area contributed by atoms with Gasteiger partial charge in [-0.1, -0.05) is 12.1 Å². The molecule has 1 fully saturated rings. The molecular formula is C16H23NO. The Balaban J connectivity index is 1.83. The van der Waals surface area contributed by atoms with Gasteiger partial charge in [0.15, 0.2) is 0 Å². The smallest absolute Gasteiger partial charge is 0.123 e. The van der Waals surface area contributed by atoms with Crippen LogP contribution in [0.2, 0.25) is 0 Å². The fraction of sp³-hybridized carbons (Fsp3) is 0.625. The van der Waals surface area contributed by atoms with Crippen LogP contribution in [0, 0.1) is 0 Å². The zero-order chi connectivity index (χ0) is 12.6. The van der Waals surface area contributed by atoms with Crippen molar-refractivity contribution in [2.24, 2.45) is 0 Å². The Hall–Kier alpha value is -1.02. The van der Waals surface area contributed by atoms with Crippen molar-refractivity contribution in [3.8, 4) is 5.75 Å². The van der Waals surface area contributed by atoms with Crippen LogP contribution < -0.4 is 10.1 Å². The van der Waals surface area contributed by atoms with Gasteiger partial charge in [-0.15, -0.1) is 0 Å². The van der Waals surface area contributed by atoms with E-state index in [0.717, 1.165) is 25.1 Å². The van der Waals surface area contributed by atoms with Crippen molar-refractivity contribution in [3.05, 3.63) is 29.3 Å². The first-order valence-electron chi connectivity index (χ1n) is 7.17. The fourth-order valence-corrected chi connectivity index (χ4v) is 3.07. The normalized spacial score (nSPS) is 26.2. The second-order valence-electron chi connectivity index (χ2n) is 6.27. The summed E-state index contributed by atoms with van der Waals surface area (Å²) < 4.78 is 6.05. The molecule has 1 aromatic rings. The molecule has 1 saturated heterocycles. The van der Waals surface area contributed by atoms with Gasteiger partial charge in [-0.2, -0.15) is 0 Å². The molecule has 0 aromatic heterocycles. The van der Waals surface area contributed by atoms with E-state index in [0.29, 0.717) is 5.92 Å². The Kier molecular flexibility index (Phi) is 3.06.